The molecule has 0 saturated heterocycles. The van der Waals surface area contributed by atoms with E-state index in [1.807, 2.05) is 12.1 Å². The molecule has 240 valence electrons. The van der Waals surface area contributed by atoms with Crippen molar-refractivity contribution in [1.82, 2.24) is 9.97 Å². The molecule has 0 atom stereocenters. The van der Waals surface area contributed by atoms with Gasteiger partial charge in [0.2, 0.25) is 0 Å². The fourth-order valence-electron chi connectivity index (χ4n) is 4.19. The molecule has 0 radical (unpaired) electrons. The van der Waals surface area contributed by atoms with Gasteiger partial charge in [-0.2, -0.15) is 0 Å². The van der Waals surface area contributed by atoms with Crippen LogP contribution in [-0.4, -0.2) is 78.9 Å². The van der Waals surface area contributed by atoms with E-state index in [-0.39, 0.29) is 25.3 Å². The summed E-state index contributed by atoms with van der Waals surface area (Å²) in [6, 6.07) is 15.4. The Kier molecular flexibility index (Phi) is 13.2. The van der Waals surface area contributed by atoms with Gasteiger partial charge in [-0.1, -0.05) is 35.3 Å². The molecular weight excluding hydrogens is 625 g/mol. The summed E-state index contributed by atoms with van der Waals surface area (Å²) in [4.78, 5) is 21.0. The van der Waals surface area contributed by atoms with E-state index >= 15 is 0 Å². The van der Waals surface area contributed by atoms with Gasteiger partial charge in [0.05, 0.1) is 69.1 Å². The van der Waals surface area contributed by atoms with Crippen LogP contribution in [-0.2, 0) is 20.8 Å². The number of carboxylic acid groups (broad SMARTS) is 1. The molecule has 0 aliphatic rings. The number of ether oxygens (including phenoxy) is 3. The van der Waals surface area contributed by atoms with E-state index in [0.29, 0.717) is 95.5 Å². The minimum Gasteiger partial charge on any atom is -0.478 e. The summed E-state index contributed by atoms with van der Waals surface area (Å²) in [5, 5.41) is 29.2. The third-order valence-electron chi connectivity index (χ3n) is 6.24. The molecule has 14 heteroatoms. The van der Waals surface area contributed by atoms with Crippen LogP contribution in [0, 0.1) is 6.92 Å². The van der Waals surface area contributed by atoms with Gasteiger partial charge in [-0.3, -0.25) is 0 Å². The largest absolute Gasteiger partial charge is 0.478 e. The van der Waals surface area contributed by atoms with Gasteiger partial charge in [0.25, 0.3) is 0 Å². The molecule has 2 aromatic heterocycles. The highest BCUT2D eigenvalue weighted by Gasteiger charge is 2.18. The first-order chi connectivity index (χ1) is 21.9. The summed E-state index contributed by atoms with van der Waals surface area (Å²) in [7, 11) is 0. The smallest absolute Gasteiger partial charge is 0.337 e. The SMILES string of the molecule is Cc1nc(NCCOCCOCCOCCO)c(NCc2ccc(-c3cc(Cl)ccc3Cl)o2)c(Nc2ccccc2C(=O)O)n1. The Morgan fingerprint density at radius 3 is 2.36 bits per heavy atom. The predicted molar refractivity (Wildman–Crippen MR) is 173 cm³/mol. The Balaban J connectivity index is 1.46. The summed E-state index contributed by atoms with van der Waals surface area (Å²) >= 11 is 12.5. The lowest BCUT2D eigenvalue weighted by Crippen LogP contribution is -2.17. The van der Waals surface area contributed by atoms with E-state index in [1.54, 1.807) is 43.3 Å². The molecule has 0 aliphatic carbocycles. The van der Waals surface area contributed by atoms with Gasteiger partial charge in [-0.05, 0) is 49.4 Å². The second-order valence-corrected chi connectivity index (χ2v) is 10.4. The first-order valence-electron chi connectivity index (χ1n) is 14.2. The molecule has 0 aliphatic heterocycles. The highest BCUT2D eigenvalue weighted by atomic mass is 35.5. The van der Waals surface area contributed by atoms with E-state index in [4.69, 9.17) is 46.9 Å². The van der Waals surface area contributed by atoms with E-state index in [0.717, 1.165) is 0 Å². The third kappa shape index (κ3) is 10.3. The van der Waals surface area contributed by atoms with Crippen LogP contribution in [0.5, 0.6) is 0 Å². The first-order valence-corrected chi connectivity index (χ1v) is 14.9. The number of furan rings is 1. The topological polar surface area (TPSA) is 160 Å². The lowest BCUT2D eigenvalue weighted by Gasteiger charge is -2.18. The summed E-state index contributed by atoms with van der Waals surface area (Å²) in [5.41, 5.74) is 1.65. The lowest BCUT2D eigenvalue weighted by atomic mass is 10.2. The number of aryl methyl sites for hydroxylation is 1. The number of nitrogens with one attached hydrogen (secondary N) is 3. The standard InChI is InChI=1S/C31H35Cl2N5O7/c1-20-36-29(34-10-12-42-14-16-44-17-15-43-13-11-39)28(30(37-20)38-26-5-3-2-4-23(26)31(40)41)35-19-22-7-9-27(45-22)24-18-21(32)6-8-25(24)33/h2-9,18,35,39H,10-17,19H2,1H3,(H,40,41)(H2,34,36,37,38). The molecule has 4 aromatic rings. The molecule has 5 N–H and O–H groups in total. The number of rotatable bonds is 19. The molecule has 45 heavy (non-hydrogen) atoms. The van der Waals surface area contributed by atoms with Crippen LogP contribution in [0.1, 0.15) is 21.9 Å². The maximum absolute atomic E-state index is 11.9. The number of nitrogens with zero attached hydrogens (tertiary/aromatic N) is 2. The van der Waals surface area contributed by atoms with Crippen LogP contribution in [0.15, 0.2) is 59.0 Å². The normalized spacial score (nSPS) is 11.0. The molecule has 0 spiro atoms. The molecule has 0 fully saturated rings. The summed E-state index contributed by atoms with van der Waals surface area (Å²) in [6.45, 7) is 4.69. The number of halogens is 2. The number of aromatic carboxylic acids is 1. The molecular formula is C31H35Cl2N5O7. The van der Waals surface area contributed by atoms with Crippen molar-refractivity contribution < 1.29 is 33.6 Å². The molecule has 2 aromatic carbocycles. The van der Waals surface area contributed by atoms with E-state index in [2.05, 4.69) is 25.9 Å². The average Bonchev–Trinajstić information content (AvgIpc) is 3.49. The zero-order chi connectivity index (χ0) is 32.0. The first kappa shape index (κ1) is 34.0. The van der Waals surface area contributed by atoms with Crippen molar-refractivity contribution in [3.63, 3.8) is 0 Å². The predicted octanol–water partition coefficient (Wildman–Crippen LogP) is 5.86. The zero-order valence-corrected chi connectivity index (χ0v) is 26.2. The second-order valence-electron chi connectivity index (χ2n) is 9.55. The van der Waals surface area contributed by atoms with Gasteiger partial charge >= 0.3 is 5.97 Å². The maximum atomic E-state index is 11.9. The highest BCUT2D eigenvalue weighted by molar-refractivity contribution is 6.35. The van der Waals surface area contributed by atoms with Crippen LogP contribution in [0.3, 0.4) is 0 Å². The number of aromatic nitrogens is 2. The Morgan fingerprint density at radius 1 is 0.889 bits per heavy atom. The van der Waals surface area contributed by atoms with Crippen molar-refractivity contribution in [2.75, 3.05) is 68.7 Å². The Bertz CT molecular complexity index is 1550. The number of carboxylic acids is 1. The second kappa shape index (κ2) is 17.5. The van der Waals surface area contributed by atoms with Crippen molar-refractivity contribution in [2.24, 2.45) is 0 Å². The maximum Gasteiger partial charge on any atom is 0.337 e. The van der Waals surface area contributed by atoms with Crippen LogP contribution < -0.4 is 16.0 Å². The number of benzene rings is 2. The minimum atomic E-state index is -1.07. The highest BCUT2D eigenvalue weighted by Crippen LogP contribution is 2.34. The molecule has 0 unspecified atom stereocenters. The van der Waals surface area contributed by atoms with Crippen molar-refractivity contribution in [1.29, 1.82) is 0 Å². The lowest BCUT2D eigenvalue weighted by molar-refractivity contribution is 0.00920. The van der Waals surface area contributed by atoms with E-state index < -0.39 is 5.97 Å². The number of hydrogen-bond acceptors (Lipinski definition) is 11. The summed E-state index contributed by atoms with van der Waals surface area (Å²) in [6.07, 6.45) is 0. The monoisotopic (exact) mass is 659 g/mol. The molecule has 2 heterocycles. The van der Waals surface area contributed by atoms with Crippen molar-refractivity contribution in [3.05, 3.63) is 81.8 Å². The van der Waals surface area contributed by atoms with Gasteiger partial charge < -0.3 is 44.8 Å². The number of aliphatic hydroxyl groups excluding tert-OH is 1. The van der Waals surface area contributed by atoms with Crippen molar-refractivity contribution in [2.45, 2.75) is 13.5 Å². The third-order valence-corrected chi connectivity index (χ3v) is 6.81. The summed E-state index contributed by atoms with van der Waals surface area (Å²) < 4.78 is 22.3. The molecule has 12 nitrogen and oxygen atoms in total. The van der Waals surface area contributed by atoms with Crippen LogP contribution in [0.2, 0.25) is 10.0 Å². The number of carbonyl (C=O) groups is 1. The van der Waals surface area contributed by atoms with Gasteiger partial charge in [0.15, 0.2) is 11.6 Å². The number of hydrogen-bond donors (Lipinski definition) is 5. The zero-order valence-electron chi connectivity index (χ0n) is 24.6. The van der Waals surface area contributed by atoms with Gasteiger partial charge in [0.1, 0.15) is 23.0 Å². The number of para-hydroxylation sites is 1. The fourth-order valence-corrected chi connectivity index (χ4v) is 4.57. The van der Waals surface area contributed by atoms with Crippen LogP contribution in [0.25, 0.3) is 11.3 Å². The van der Waals surface area contributed by atoms with Crippen LogP contribution >= 0.6 is 23.2 Å². The minimum absolute atomic E-state index is 0.0184. The van der Waals surface area contributed by atoms with E-state index in [9.17, 15) is 9.90 Å². The van der Waals surface area contributed by atoms with Crippen molar-refractivity contribution >= 4 is 52.2 Å². The Hall–Kier alpha value is -3.91. The summed E-state index contributed by atoms with van der Waals surface area (Å²) in [5.74, 6) is 1.43. The fraction of sp³-hybridized carbons (Fsp3) is 0.323. The van der Waals surface area contributed by atoms with Gasteiger partial charge in [-0.15, -0.1) is 0 Å². The van der Waals surface area contributed by atoms with Gasteiger partial charge in [-0.25, -0.2) is 14.8 Å². The molecule has 0 amide bonds. The quantitative estimate of drug-likeness (QED) is 0.0764. The Morgan fingerprint density at radius 2 is 1.60 bits per heavy atom. The van der Waals surface area contributed by atoms with Crippen LogP contribution in [0.4, 0.5) is 23.0 Å². The van der Waals surface area contributed by atoms with Crippen molar-refractivity contribution in [3.8, 4) is 11.3 Å². The molecule has 0 bridgehead atoms. The molecule has 4 rings (SSSR count). The molecule has 0 saturated carbocycles. The Labute approximate surface area is 270 Å². The number of aliphatic hydroxyl groups is 1. The average molecular weight is 661 g/mol. The van der Waals surface area contributed by atoms with Gasteiger partial charge in [0, 0.05) is 17.1 Å². The van der Waals surface area contributed by atoms with E-state index in [1.165, 1.54) is 6.07 Å². The number of anilines is 4.